The molecule has 0 bridgehead atoms. The van der Waals surface area contributed by atoms with E-state index in [0.717, 1.165) is 0 Å². The summed E-state index contributed by atoms with van der Waals surface area (Å²) in [4.78, 5) is 0. The number of hydrogen-bond donors (Lipinski definition) is 0. The van der Waals surface area contributed by atoms with E-state index in [1.807, 2.05) is 0 Å². The van der Waals surface area contributed by atoms with Crippen LogP contribution in [0.1, 0.15) is 19.8 Å². The summed E-state index contributed by atoms with van der Waals surface area (Å²) < 4.78 is 0. The van der Waals surface area contributed by atoms with Gasteiger partial charge in [-0.25, -0.2) is 0 Å². The Kier molecular flexibility index (Phi) is 9.65. The molecule has 3 heteroatoms. The molecular formula is C28H28P2Pd. The van der Waals surface area contributed by atoms with Crippen molar-refractivity contribution in [1.82, 2.24) is 0 Å². The molecule has 0 aromatic heterocycles. The summed E-state index contributed by atoms with van der Waals surface area (Å²) in [6, 6.07) is 44.8. The van der Waals surface area contributed by atoms with Crippen LogP contribution in [-0.2, 0) is 20.4 Å². The smallest absolute Gasteiger partial charge is 0.0154 e. The predicted molar refractivity (Wildman–Crippen MR) is 137 cm³/mol. The maximum Gasteiger partial charge on any atom is 0.0154 e. The Bertz CT molecular complexity index is 846. The maximum atomic E-state index is 2.34. The van der Waals surface area contributed by atoms with E-state index in [0.29, 0.717) is 5.40 Å². The van der Waals surface area contributed by atoms with E-state index in [1.54, 1.807) is 0 Å². The van der Waals surface area contributed by atoms with E-state index in [-0.39, 0.29) is 20.4 Å². The third-order valence-electron chi connectivity index (χ3n) is 5.28. The van der Waals surface area contributed by atoms with Crippen LogP contribution in [0, 0.1) is 0 Å². The molecule has 0 aliphatic carbocycles. The van der Waals surface area contributed by atoms with Crippen LogP contribution in [0.15, 0.2) is 121 Å². The Morgan fingerprint density at radius 3 is 0.968 bits per heavy atom. The molecular weight excluding hydrogens is 505 g/mol. The molecule has 0 saturated heterocycles. The second-order valence-corrected chi connectivity index (χ2v) is 12.6. The summed E-state index contributed by atoms with van der Waals surface area (Å²) in [6.07, 6.45) is 2.42. The molecule has 160 valence electrons. The van der Waals surface area contributed by atoms with Gasteiger partial charge in [-0.2, -0.15) is 0 Å². The van der Waals surface area contributed by atoms with Crippen LogP contribution >= 0.6 is 15.8 Å². The van der Waals surface area contributed by atoms with Crippen LogP contribution in [0.4, 0.5) is 0 Å². The quantitative estimate of drug-likeness (QED) is 0.183. The van der Waals surface area contributed by atoms with E-state index in [4.69, 9.17) is 0 Å². The average molecular weight is 533 g/mol. The van der Waals surface area contributed by atoms with Crippen molar-refractivity contribution in [2.24, 2.45) is 0 Å². The molecule has 4 aromatic rings. The molecule has 4 rings (SSSR count). The fraction of sp³-hybridized carbons (Fsp3) is 0.143. The second-order valence-electron chi connectivity index (χ2n) is 7.35. The Hall–Kier alpha value is -1.60. The van der Waals surface area contributed by atoms with Crippen LogP contribution in [0.3, 0.4) is 0 Å². The largest absolute Gasteiger partial charge is 0.0653 e. The summed E-state index contributed by atoms with van der Waals surface area (Å²) in [5, 5.41) is 6.52. The van der Waals surface area contributed by atoms with Gasteiger partial charge < -0.3 is 0 Å². The monoisotopic (exact) mass is 532 g/mol. The van der Waals surface area contributed by atoms with Crippen LogP contribution in [0.5, 0.6) is 0 Å². The Labute approximate surface area is 203 Å². The van der Waals surface area contributed by atoms with E-state index in [9.17, 15) is 0 Å². The molecule has 0 nitrogen and oxygen atoms in total. The van der Waals surface area contributed by atoms with Gasteiger partial charge in [0.15, 0.2) is 0 Å². The standard InChI is InChI=1S/C28H28P2.Pd/c1-2-15-28(29(24-16-7-3-8-17-24)25-18-9-4-10-19-25)30(26-20-11-5-12-21-26)27-22-13-6-14-23-27;/h3-14,16-23,28H,2,15H2,1H3;. The number of hydrogen-bond acceptors (Lipinski definition) is 0. The van der Waals surface area contributed by atoms with Gasteiger partial charge in [0.1, 0.15) is 0 Å². The Balaban J connectivity index is 0.00000272. The van der Waals surface area contributed by atoms with Gasteiger partial charge in [-0.1, -0.05) is 135 Å². The molecule has 0 heterocycles. The summed E-state index contributed by atoms with van der Waals surface area (Å²) in [5.74, 6) is 0. The Morgan fingerprint density at radius 1 is 0.484 bits per heavy atom. The second kappa shape index (κ2) is 12.4. The van der Waals surface area contributed by atoms with Crippen molar-refractivity contribution in [3.63, 3.8) is 0 Å². The SMILES string of the molecule is CCCC(P(c1ccccc1)c1ccccc1)P(c1ccccc1)c1ccccc1.[Pd]. The zero-order chi connectivity index (χ0) is 20.6. The molecule has 0 spiro atoms. The third-order valence-corrected chi connectivity index (χ3v) is 11.8. The number of benzene rings is 4. The van der Waals surface area contributed by atoms with Crippen molar-refractivity contribution >= 4 is 37.1 Å². The van der Waals surface area contributed by atoms with E-state index in [1.165, 1.54) is 34.1 Å². The first-order chi connectivity index (χ1) is 14.9. The predicted octanol–water partition coefficient (Wildman–Crippen LogP) is 6.38. The fourth-order valence-corrected chi connectivity index (χ4v) is 11.5. The van der Waals surface area contributed by atoms with Gasteiger partial charge in [0.2, 0.25) is 0 Å². The van der Waals surface area contributed by atoms with E-state index < -0.39 is 15.8 Å². The van der Waals surface area contributed by atoms with Gasteiger partial charge in [0.05, 0.1) is 0 Å². The van der Waals surface area contributed by atoms with Crippen LogP contribution in [-0.4, -0.2) is 5.40 Å². The van der Waals surface area contributed by atoms with Gasteiger partial charge in [0.25, 0.3) is 0 Å². The molecule has 0 atom stereocenters. The summed E-state index contributed by atoms with van der Waals surface area (Å²) in [6.45, 7) is 2.33. The topological polar surface area (TPSA) is 0 Å². The first-order valence-electron chi connectivity index (χ1n) is 10.7. The molecule has 0 aliphatic rings. The normalized spacial score (nSPS) is 11.0. The van der Waals surface area contributed by atoms with Gasteiger partial charge in [-0.15, -0.1) is 0 Å². The van der Waals surface area contributed by atoms with Crippen molar-refractivity contribution in [3.8, 4) is 0 Å². The molecule has 0 saturated carbocycles. The third kappa shape index (κ3) is 6.01. The van der Waals surface area contributed by atoms with Gasteiger partial charge in [-0.05, 0) is 43.5 Å². The van der Waals surface area contributed by atoms with Crippen LogP contribution in [0.2, 0.25) is 0 Å². The average Bonchev–Trinajstić information content (AvgIpc) is 2.82. The Morgan fingerprint density at radius 2 is 0.742 bits per heavy atom. The summed E-state index contributed by atoms with van der Waals surface area (Å²) in [7, 11) is -0.956. The minimum atomic E-state index is -0.478. The van der Waals surface area contributed by atoms with Gasteiger partial charge in [-0.3, -0.25) is 0 Å². The van der Waals surface area contributed by atoms with Crippen molar-refractivity contribution in [3.05, 3.63) is 121 Å². The first-order valence-corrected chi connectivity index (χ1v) is 13.5. The molecule has 0 aliphatic heterocycles. The van der Waals surface area contributed by atoms with E-state index >= 15 is 0 Å². The van der Waals surface area contributed by atoms with E-state index in [2.05, 4.69) is 128 Å². The molecule has 0 fully saturated rings. The van der Waals surface area contributed by atoms with Crippen LogP contribution in [0.25, 0.3) is 0 Å². The van der Waals surface area contributed by atoms with Crippen molar-refractivity contribution in [2.75, 3.05) is 0 Å². The van der Waals surface area contributed by atoms with Crippen LogP contribution < -0.4 is 21.2 Å². The summed E-state index contributed by atoms with van der Waals surface area (Å²) in [5.41, 5.74) is 0. The molecule has 0 amide bonds. The molecule has 0 radical (unpaired) electrons. The minimum absolute atomic E-state index is 0. The minimum Gasteiger partial charge on any atom is -0.0653 e. The van der Waals surface area contributed by atoms with Crippen molar-refractivity contribution in [1.29, 1.82) is 0 Å². The van der Waals surface area contributed by atoms with Crippen molar-refractivity contribution < 1.29 is 20.4 Å². The van der Waals surface area contributed by atoms with Crippen molar-refractivity contribution in [2.45, 2.75) is 25.2 Å². The maximum absolute atomic E-state index is 2.34. The molecule has 0 unspecified atom stereocenters. The number of rotatable bonds is 8. The van der Waals surface area contributed by atoms with Gasteiger partial charge >= 0.3 is 0 Å². The zero-order valence-electron chi connectivity index (χ0n) is 17.7. The molecule has 31 heavy (non-hydrogen) atoms. The summed E-state index contributed by atoms with van der Waals surface area (Å²) >= 11 is 0. The first kappa shape index (κ1) is 24.1. The zero-order valence-corrected chi connectivity index (χ0v) is 21.1. The fourth-order valence-electron chi connectivity index (χ4n) is 3.97. The molecule has 4 aromatic carbocycles. The van der Waals surface area contributed by atoms with Gasteiger partial charge in [0, 0.05) is 25.8 Å². The molecule has 0 N–H and O–H groups in total.